The van der Waals surface area contributed by atoms with Crippen molar-refractivity contribution in [1.82, 2.24) is 9.88 Å². The minimum Gasteiger partial charge on any atom is -0.364 e. The van der Waals surface area contributed by atoms with Crippen molar-refractivity contribution in [2.45, 2.75) is 43.8 Å². The lowest BCUT2D eigenvalue weighted by atomic mass is 9.97. The molecule has 8 heteroatoms. The smallest absolute Gasteiger partial charge is 0.251 e. The summed E-state index contributed by atoms with van der Waals surface area (Å²) in [4.78, 5) is 19.3. The van der Waals surface area contributed by atoms with Gasteiger partial charge in [-0.2, -0.15) is 0 Å². The molecule has 0 saturated carbocycles. The zero-order valence-corrected chi connectivity index (χ0v) is 17.0. The highest BCUT2D eigenvalue weighted by Gasteiger charge is 2.34. The first-order chi connectivity index (χ1) is 11.7. The molecule has 2 fully saturated rings. The molecule has 1 aromatic heterocycles. The molecule has 4 rings (SSSR count). The molecule has 1 amide bonds. The Kier molecular flexibility index (Phi) is 7.67. The number of rotatable bonds is 3. The Balaban J connectivity index is 0.00000121. The van der Waals surface area contributed by atoms with Crippen LogP contribution in [0.3, 0.4) is 0 Å². The summed E-state index contributed by atoms with van der Waals surface area (Å²) in [5.41, 5.74) is 6.72. The highest BCUT2D eigenvalue weighted by Crippen LogP contribution is 2.34. The molecule has 3 heterocycles. The van der Waals surface area contributed by atoms with E-state index in [0.29, 0.717) is 12.5 Å². The standard InChI is InChI=1S/C18H23N3O2S.2ClH/c19-11-13-5-6-15(23-13)18(22)21-9-7-12(8-10-21)17-20-14-3-1-2-4-16(14)24-17;;/h1-4,12-13,15H,5-11,19H2;2*1H/t13-,15+;;/m1../s1. The maximum atomic E-state index is 12.6. The van der Waals surface area contributed by atoms with E-state index in [1.165, 1.54) is 9.71 Å². The van der Waals surface area contributed by atoms with Crippen LogP contribution in [0.1, 0.15) is 36.6 Å². The predicted molar refractivity (Wildman–Crippen MR) is 110 cm³/mol. The molecular weight excluding hydrogens is 393 g/mol. The third-order valence-electron chi connectivity index (χ3n) is 5.11. The quantitative estimate of drug-likeness (QED) is 0.830. The second-order valence-electron chi connectivity index (χ2n) is 6.68. The third-order valence-corrected chi connectivity index (χ3v) is 6.31. The minimum atomic E-state index is -0.280. The van der Waals surface area contributed by atoms with Gasteiger partial charge < -0.3 is 15.4 Å². The average molecular weight is 418 g/mol. The molecule has 2 aliphatic rings. The van der Waals surface area contributed by atoms with Gasteiger partial charge in [-0.15, -0.1) is 36.2 Å². The molecule has 0 radical (unpaired) electrons. The molecule has 0 unspecified atom stereocenters. The van der Waals surface area contributed by atoms with Gasteiger partial charge in [0, 0.05) is 25.6 Å². The Bertz CT molecular complexity index is 701. The average Bonchev–Trinajstić information content (AvgIpc) is 3.28. The van der Waals surface area contributed by atoms with E-state index in [2.05, 4.69) is 18.2 Å². The highest BCUT2D eigenvalue weighted by molar-refractivity contribution is 7.18. The number of ether oxygens (including phenoxy) is 1. The van der Waals surface area contributed by atoms with Crippen LogP contribution in [0.2, 0.25) is 0 Å². The summed E-state index contributed by atoms with van der Waals surface area (Å²) in [5, 5.41) is 1.21. The number of hydrogen-bond acceptors (Lipinski definition) is 5. The van der Waals surface area contributed by atoms with E-state index in [0.717, 1.165) is 44.3 Å². The molecule has 144 valence electrons. The molecule has 2 N–H and O–H groups in total. The third kappa shape index (κ3) is 4.31. The molecule has 2 aliphatic heterocycles. The Morgan fingerprint density at radius 2 is 1.92 bits per heavy atom. The molecule has 0 bridgehead atoms. The number of nitrogens with two attached hydrogens (primary N) is 1. The monoisotopic (exact) mass is 417 g/mol. The summed E-state index contributed by atoms with van der Waals surface area (Å²) in [6.45, 7) is 2.10. The van der Waals surface area contributed by atoms with Crippen molar-refractivity contribution in [3.63, 3.8) is 0 Å². The van der Waals surface area contributed by atoms with E-state index < -0.39 is 0 Å². The van der Waals surface area contributed by atoms with Gasteiger partial charge in [-0.05, 0) is 37.8 Å². The summed E-state index contributed by atoms with van der Waals surface area (Å²) >= 11 is 1.79. The Morgan fingerprint density at radius 1 is 1.19 bits per heavy atom. The molecule has 2 aromatic rings. The number of aromatic nitrogens is 1. The van der Waals surface area contributed by atoms with Crippen LogP contribution in [-0.4, -0.2) is 47.6 Å². The van der Waals surface area contributed by atoms with Crippen LogP contribution >= 0.6 is 36.2 Å². The number of fused-ring (bicyclic) bond motifs is 1. The van der Waals surface area contributed by atoms with Crippen molar-refractivity contribution in [2.75, 3.05) is 19.6 Å². The lowest BCUT2D eigenvalue weighted by Crippen LogP contribution is -2.43. The Labute approximate surface area is 170 Å². The van der Waals surface area contributed by atoms with E-state index in [1.807, 2.05) is 11.0 Å². The van der Waals surface area contributed by atoms with E-state index in [9.17, 15) is 4.79 Å². The number of para-hydroxylation sites is 1. The highest BCUT2D eigenvalue weighted by atomic mass is 35.5. The second-order valence-corrected chi connectivity index (χ2v) is 7.74. The molecular formula is C18H25Cl2N3O2S. The molecule has 0 spiro atoms. The van der Waals surface area contributed by atoms with Gasteiger partial charge >= 0.3 is 0 Å². The van der Waals surface area contributed by atoms with Gasteiger partial charge in [-0.25, -0.2) is 4.98 Å². The largest absolute Gasteiger partial charge is 0.364 e. The molecule has 26 heavy (non-hydrogen) atoms. The predicted octanol–water partition coefficient (Wildman–Crippen LogP) is 3.35. The summed E-state index contributed by atoms with van der Waals surface area (Å²) in [6, 6.07) is 8.28. The maximum absolute atomic E-state index is 12.6. The number of likely N-dealkylation sites (tertiary alicyclic amines) is 1. The van der Waals surface area contributed by atoms with Crippen LogP contribution < -0.4 is 5.73 Å². The van der Waals surface area contributed by atoms with Crippen LogP contribution in [0, 0.1) is 0 Å². The molecule has 5 nitrogen and oxygen atoms in total. The van der Waals surface area contributed by atoms with Crippen molar-refractivity contribution in [2.24, 2.45) is 5.73 Å². The molecule has 1 aromatic carbocycles. The number of amides is 1. The number of halogens is 2. The summed E-state index contributed by atoms with van der Waals surface area (Å²) in [6.07, 6.45) is 3.45. The number of benzene rings is 1. The van der Waals surface area contributed by atoms with Gasteiger partial charge in [0.2, 0.25) is 0 Å². The summed E-state index contributed by atoms with van der Waals surface area (Å²) < 4.78 is 7.00. The van der Waals surface area contributed by atoms with Crippen molar-refractivity contribution in [1.29, 1.82) is 0 Å². The van der Waals surface area contributed by atoms with Crippen LogP contribution in [0.15, 0.2) is 24.3 Å². The van der Waals surface area contributed by atoms with E-state index >= 15 is 0 Å². The number of hydrogen-bond donors (Lipinski definition) is 1. The van der Waals surface area contributed by atoms with Crippen molar-refractivity contribution < 1.29 is 9.53 Å². The lowest BCUT2D eigenvalue weighted by Gasteiger charge is -2.32. The van der Waals surface area contributed by atoms with Crippen molar-refractivity contribution in [3.05, 3.63) is 29.3 Å². The fraction of sp³-hybridized carbons (Fsp3) is 0.556. The van der Waals surface area contributed by atoms with Crippen molar-refractivity contribution in [3.8, 4) is 0 Å². The lowest BCUT2D eigenvalue weighted by molar-refractivity contribution is -0.143. The number of carbonyl (C=O) groups is 1. The first-order valence-corrected chi connectivity index (χ1v) is 9.56. The molecule has 2 atom stereocenters. The van der Waals surface area contributed by atoms with Crippen LogP contribution in [-0.2, 0) is 9.53 Å². The molecule has 0 aliphatic carbocycles. The number of thiazole rings is 1. The van der Waals surface area contributed by atoms with E-state index in [1.54, 1.807) is 11.3 Å². The van der Waals surface area contributed by atoms with Gasteiger partial charge in [0.15, 0.2) is 0 Å². The zero-order valence-electron chi connectivity index (χ0n) is 14.5. The number of piperidine rings is 1. The topological polar surface area (TPSA) is 68.5 Å². The maximum Gasteiger partial charge on any atom is 0.251 e. The van der Waals surface area contributed by atoms with Gasteiger partial charge in [0.05, 0.1) is 21.3 Å². The first kappa shape index (κ1) is 21.4. The van der Waals surface area contributed by atoms with Gasteiger partial charge in [0.25, 0.3) is 5.91 Å². The van der Waals surface area contributed by atoms with Gasteiger partial charge in [-0.3, -0.25) is 4.79 Å². The Morgan fingerprint density at radius 3 is 2.58 bits per heavy atom. The Hall–Kier alpha value is -0.920. The van der Waals surface area contributed by atoms with Crippen molar-refractivity contribution >= 4 is 52.3 Å². The first-order valence-electron chi connectivity index (χ1n) is 8.74. The zero-order chi connectivity index (χ0) is 16.5. The van der Waals surface area contributed by atoms with E-state index in [4.69, 9.17) is 15.5 Å². The number of nitrogens with zero attached hydrogens (tertiary/aromatic N) is 2. The fourth-order valence-electron chi connectivity index (χ4n) is 3.68. The van der Waals surface area contributed by atoms with Gasteiger partial charge in [0.1, 0.15) is 6.10 Å². The molecule has 2 saturated heterocycles. The number of carbonyl (C=O) groups excluding carboxylic acids is 1. The summed E-state index contributed by atoms with van der Waals surface area (Å²) in [7, 11) is 0. The summed E-state index contributed by atoms with van der Waals surface area (Å²) in [5.74, 6) is 0.612. The van der Waals surface area contributed by atoms with Crippen LogP contribution in [0.5, 0.6) is 0 Å². The normalized spacial score (nSPS) is 23.5. The van der Waals surface area contributed by atoms with Gasteiger partial charge in [-0.1, -0.05) is 12.1 Å². The minimum absolute atomic E-state index is 0. The van der Waals surface area contributed by atoms with Crippen LogP contribution in [0.4, 0.5) is 0 Å². The second kappa shape index (κ2) is 9.33. The van der Waals surface area contributed by atoms with Crippen LogP contribution in [0.25, 0.3) is 10.2 Å². The van der Waals surface area contributed by atoms with E-state index in [-0.39, 0.29) is 42.9 Å². The SMILES string of the molecule is Cl.Cl.NC[C@H]1CC[C@@H](C(=O)N2CCC(c3nc4ccccc4s3)CC2)O1. The fourth-order valence-corrected chi connectivity index (χ4v) is 4.81.